The highest BCUT2D eigenvalue weighted by Gasteiger charge is 2.20. The largest absolute Gasteiger partial charge is 0.464 e. The summed E-state index contributed by atoms with van der Waals surface area (Å²) in [5, 5.41) is 0.640. The van der Waals surface area contributed by atoms with Gasteiger partial charge in [-0.1, -0.05) is 11.6 Å². The Balaban J connectivity index is 1.37. The van der Waals surface area contributed by atoms with Gasteiger partial charge in [-0.3, -0.25) is 9.69 Å². The standard InChI is InChI=1S/C24H22N4O2/c1-15-2-7-22-20(10-15)23(29)18(14-30-22)13-28-9-8-21-17(12-28)11-26-24(27-21)16-3-5-19(25)6-4-16/h2-7,10-11,14H,8-9,12-13,25H2,1H3. The van der Waals surface area contributed by atoms with Gasteiger partial charge in [-0.25, -0.2) is 9.97 Å². The molecule has 0 amide bonds. The Kier molecular flexibility index (Phi) is 4.56. The first-order valence-corrected chi connectivity index (χ1v) is 10.0. The van der Waals surface area contributed by atoms with Crippen molar-refractivity contribution in [3.63, 3.8) is 0 Å². The van der Waals surface area contributed by atoms with Crippen LogP contribution in [0.5, 0.6) is 0 Å². The maximum absolute atomic E-state index is 12.9. The maximum Gasteiger partial charge on any atom is 0.197 e. The van der Waals surface area contributed by atoms with Crippen molar-refractivity contribution in [2.45, 2.75) is 26.4 Å². The lowest BCUT2D eigenvalue weighted by molar-refractivity contribution is 0.240. The molecule has 2 N–H and O–H groups in total. The van der Waals surface area contributed by atoms with Crippen LogP contribution in [0.25, 0.3) is 22.4 Å². The molecule has 0 aliphatic carbocycles. The Hall–Kier alpha value is -3.51. The third-order valence-corrected chi connectivity index (χ3v) is 5.58. The molecule has 0 fully saturated rings. The minimum absolute atomic E-state index is 0.0423. The van der Waals surface area contributed by atoms with Crippen molar-refractivity contribution in [2.24, 2.45) is 0 Å². The van der Waals surface area contributed by atoms with Gasteiger partial charge in [-0.2, -0.15) is 0 Å². The van der Waals surface area contributed by atoms with Crippen molar-refractivity contribution in [1.29, 1.82) is 0 Å². The predicted molar refractivity (Wildman–Crippen MR) is 117 cm³/mol. The second-order valence-corrected chi connectivity index (χ2v) is 7.84. The van der Waals surface area contributed by atoms with Gasteiger partial charge in [-0.05, 0) is 43.3 Å². The number of nitrogens with zero attached hydrogens (tertiary/aromatic N) is 3. The van der Waals surface area contributed by atoms with Crippen molar-refractivity contribution in [3.05, 3.63) is 87.5 Å². The van der Waals surface area contributed by atoms with E-state index in [1.165, 1.54) is 0 Å². The third-order valence-electron chi connectivity index (χ3n) is 5.58. The van der Waals surface area contributed by atoms with Crippen LogP contribution in [-0.4, -0.2) is 21.4 Å². The van der Waals surface area contributed by atoms with E-state index in [2.05, 4.69) is 9.88 Å². The topological polar surface area (TPSA) is 85.2 Å². The Morgan fingerprint density at radius 1 is 1.17 bits per heavy atom. The highest BCUT2D eigenvalue weighted by Crippen LogP contribution is 2.23. The van der Waals surface area contributed by atoms with Crippen molar-refractivity contribution in [2.75, 3.05) is 12.3 Å². The van der Waals surface area contributed by atoms with E-state index in [0.717, 1.165) is 41.0 Å². The summed E-state index contributed by atoms with van der Waals surface area (Å²) in [7, 11) is 0. The highest BCUT2D eigenvalue weighted by atomic mass is 16.3. The van der Waals surface area contributed by atoms with E-state index < -0.39 is 0 Å². The van der Waals surface area contributed by atoms with Gasteiger partial charge < -0.3 is 10.2 Å². The molecule has 150 valence electrons. The number of fused-ring (bicyclic) bond motifs is 2. The van der Waals surface area contributed by atoms with Crippen molar-refractivity contribution in [1.82, 2.24) is 14.9 Å². The molecule has 5 rings (SSSR count). The minimum atomic E-state index is 0.0423. The van der Waals surface area contributed by atoms with Crippen LogP contribution in [0.15, 0.2) is 64.1 Å². The van der Waals surface area contributed by atoms with E-state index in [4.69, 9.17) is 15.1 Å². The second-order valence-electron chi connectivity index (χ2n) is 7.84. The zero-order chi connectivity index (χ0) is 20.7. The lowest BCUT2D eigenvalue weighted by Gasteiger charge is -2.27. The van der Waals surface area contributed by atoms with E-state index in [9.17, 15) is 4.79 Å². The van der Waals surface area contributed by atoms with Crippen LogP contribution in [0.2, 0.25) is 0 Å². The molecule has 6 nitrogen and oxygen atoms in total. The fraction of sp³-hybridized carbons (Fsp3) is 0.208. The molecule has 6 heteroatoms. The number of nitrogen functional groups attached to an aromatic ring is 1. The van der Waals surface area contributed by atoms with Crippen LogP contribution in [0.3, 0.4) is 0 Å². The Bertz CT molecular complexity index is 1300. The summed E-state index contributed by atoms with van der Waals surface area (Å²) in [6.45, 7) is 4.07. The van der Waals surface area contributed by atoms with Gasteiger partial charge in [0, 0.05) is 54.6 Å². The molecule has 1 aliphatic heterocycles. The molecule has 30 heavy (non-hydrogen) atoms. The zero-order valence-corrected chi connectivity index (χ0v) is 16.8. The number of hydrogen-bond donors (Lipinski definition) is 1. The molecule has 0 saturated carbocycles. The Morgan fingerprint density at radius 2 is 2.00 bits per heavy atom. The Labute approximate surface area is 174 Å². The number of nitrogens with two attached hydrogens (primary N) is 1. The molecule has 4 aromatic rings. The first kappa shape index (κ1) is 18.5. The number of aromatic nitrogens is 2. The molecular formula is C24H22N4O2. The first-order valence-electron chi connectivity index (χ1n) is 10.0. The van der Waals surface area contributed by atoms with Crippen LogP contribution in [0, 0.1) is 6.92 Å². The first-order chi connectivity index (χ1) is 14.6. The quantitative estimate of drug-likeness (QED) is 0.530. The number of rotatable bonds is 3. The molecule has 0 unspecified atom stereocenters. The number of hydrogen-bond acceptors (Lipinski definition) is 6. The van der Waals surface area contributed by atoms with Gasteiger partial charge in [0.2, 0.25) is 0 Å². The SMILES string of the molecule is Cc1ccc2occ(CN3CCc4nc(-c5ccc(N)cc5)ncc4C3)c(=O)c2c1. The monoisotopic (exact) mass is 398 g/mol. The zero-order valence-electron chi connectivity index (χ0n) is 16.8. The van der Waals surface area contributed by atoms with Crippen LogP contribution in [0.1, 0.15) is 22.4 Å². The lowest BCUT2D eigenvalue weighted by Crippen LogP contribution is -2.32. The van der Waals surface area contributed by atoms with Crippen molar-refractivity contribution >= 4 is 16.7 Å². The van der Waals surface area contributed by atoms with E-state index >= 15 is 0 Å². The summed E-state index contributed by atoms with van der Waals surface area (Å²) in [6.07, 6.45) is 4.31. The van der Waals surface area contributed by atoms with Gasteiger partial charge in [0.05, 0.1) is 17.3 Å². The lowest BCUT2D eigenvalue weighted by atomic mass is 10.1. The van der Waals surface area contributed by atoms with E-state index in [1.54, 1.807) is 6.26 Å². The van der Waals surface area contributed by atoms with Crippen molar-refractivity contribution < 1.29 is 4.42 Å². The van der Waals surface area contributed by atoms with Crippen LogP contribution >= 0.6 is 0 Å². The summed E-state index contributed by atoms with van der Waals surface area (Å²) in [5.41, 5.74) is 12.0. The molecule has 0 spiro atoms. The third kappa shape index (κ3) is 3.46. The smallest absolute Gasteiger partial charge is 0.197 e. The summed E-state index contributed by atoms with van der Waals surface area (Å²) in [6, 6.07) is 13.3. The fourth-order valence-corrected chi connectivity index (χ4v) is 3.92. The number of anilines is 1. The van der Waals surface area contributed by atoms with Crippen molar-refractivity contribution in [3.8, 4) is 11.4 Å². The summed E-state index contributed by atoms with van der Waals surface area (Å²) in [4.78, 5) is 24.5. The number of aryl methyl sites for hydroxylation is 1. The molecule has 1 aliphatic rings. The van der Waals surface area contributed by atoms with E-state index in [-0.39, 0.29) is 5.43 Å². The van der Waals surface area contributed by atoms with Gasteiger partial charge >= 0.3 is 0 Å². The molecule has 3 heterocycles. The van der Waals surface area contributed by atoms with Crippen LogP contribution < -0.4 is 11.2 Å². The maximum atomic E-state index is 12.9. The molecule has 0 saturated heterocycles. The summed E-state index contributed by atoms with van der Waals surface area (Å²) in [5.74, 6) is 0.716. The number of benzene rings is 2. The summed E-state index contributed by atoms with van der Waals surface area (Å²) >= 11 is 0. The van der Waals surface area contributed by atoms with Crippen LogP contribution in [0.4, 0.5) is 5.69 Å². The predicted octanol–water partition coefficient (Wildman–Crippen LogP) is 3.70. The average molecular weight is 398 g/mol. The molecule has 0 atom stereocenters. The van der Waals surface area contributed by atoms with Gasteiger partial charge in [0.25, 0.3) is 0 Å². The van der Waals surface area contributed by atoms with E-state index in [0.29, 0.717) is 35.4 Å². The van der Waals surface area contributed by atoms with Gasteiger partial charge in [-0.15, -0.1) is 0 Å². The fourth-order valence-electron chi connectivity index (χ4n) is 3.92. The second kappa shape index (κ2) is 7.39. The average Bonchev–Trinajstić information content (AvgIpc) is 2.76. The van der Waals surface area contributed by atoms with E-state index in [1.807, 2.05) is 55.6 Å². The minimum Gasteiger partial charge on any atom is -0.464 e. The molecular weight excluding hydrogens is 376 g/mol. The summed E-state index contributed by atoms with van der Waals surface area (Å²) < 4.78 is 5.70. The molecule has 2 aromatic carbocycles. The molecule has 0 bridgehead atoms. The Morgan fingerprint density at radius 3 is 2.83 bits per heavy atom. The van der Waals surface area contributed by atoms with Gasteiger partial charge in [0.1, 0.15) is 5.58 Å². The van der Waals surface area contributed by atoms with Crippen LogP contribution in [-0.2, 0) is 19.5 Å². The highest BCUT2D eigenvalue weighted by molar-refractivity contribution is 5.77. The normalized spacial score (nSPS) is 14.0. The van der Waals surface area contributed by atoms with Gasteiger partial charge in [0.15, 0.2) is 11.3 Å². The molecule has 0 radical (unpaired) electrons. The molecule has 2 aromatic heterocycles.